The first kappa shape index (κ1) is 18.5. The van der Waals surface area contributed by atoms with Crippen LogP contribution in [-0.2, 0) is 22.4 Å². The van der Waals surface area contributed by atoms with Gasteiger partial charge in [-0.25, -0.2) is 4.79 Å². The highest BCUT2D eigenvalue weighted by Gasteiger charge is 2.27. The average Bonchev–Trinajstić information content (AvgIpc) is 3.20. The molecule has 0 atom stereocenters. The van der Waals surface area contributed by atoms with Crippen LogP contribution in [0, 0.1) is 6.92 Å². The fourth-order valence-electron chi connectivity index (χ4n) is 3.06. The lowest BCUT2D eigenvalue weighted by molar-refractivity contribution is -0.116. The number of methoxy groups -OCH3 is 1. The summed E-state index contributed by atoms with van der Waals surface area (Å²) in [6, 6.07) is 7.83. The predicted molar refractivity (Wildman–Crippen MR) is 102 cm³/mol. The Morgan fingerprint density at radius 3 is 2.69 bits per heavy atom. The molecule has 5 nitrogen and oxygen atoms in total. The normalized spacial score (nSPS) is 12.5. The van der Waals surface area contributed by atoms with Gasteiger partial charge >= 0.3 is 5.97 Å². The number of nitrogens with one attached hydrogen (secondary N) is 1. The van der Waals surface area contributed by atoms with E-state index in [2.05, 4.69) is 5.32 Å². The summed E-state index contributed by atoms with van der Waals surface area (Å²) in [5.41, 5.74) is 2.76. The number of ether oxygens (including phenoxy) is 2. The number of benzene rings is 1. The molecule has 0 radical (unpaired) electrons. The van der Waals surface area contributed by atoms with E-state index in [0.717, 1.165) is 30.6 Å². The van der Waals surface area contributed by atoms with Crippen molar-refractivity contribution in [2.45, 2.75) is 39.0 Å². The minimum absolute atomic E-state index is 0.109. The van der Waals surface area contributed by atoms with Crippen LogP contribution >= 0.6 is 11.3 Å². The second kappa shape index (κ2) is 8.36. The highest BCUT2D eigenvalue weighted by molar-refractivity contribution is 7.17. The van der Waals surface area contributed by atoms with Crippen molar-refractivity contribution < 1.29 is 19.1 Å². The molecule has 1 amide bonds. The summed E-state index contributed by atoms with van der Waals surface area (Å²) in [4.78, 5) is 25.5. The van der Waals surface area contributed by atoms with Crippen LogP contribution in [0.25, 0.3) is 0 Å². The number of esters is 1. The molecule has 0 aliphatic heterocycles. The number of carbonyl (C=O) groups is 2. The van der Waals surface area contributed by atoms with E-state index in [1.165, 1.54) is 28.9 Å². The van der Waals surface area contributed by atoms with Crippen molar-refractivity contribution in [3.05, 3.63) is 45.8 Å². The highest BCUT2D eigenvalue weighted by atomic mass is 32.1. The summed E-state index contributed by atoms with van der Waals surface area (Å²) in [7, 11) is 1.37. The van der Waals surface area contributed by atoms with Gasteiger partial charge in [0.1, 0.15) is 10.8 Å². The molecule has 1 aromatic carbocycles. The maximum atomic E-state index is 12.2. The van der Waals surface area contributed by atoms with Gasteiger partial charge in [0.05, 0.1) is 19.3 Å². The number of amides is 1. The zero-order valence-corrected chi connectivity index (χ0v) is 15.9. The summed E-state index contributed by atoms with van der Waals surface area (Å²) >= 11 is 1.49. The molecule has 138 valence electrons. The second-order valence-corrected chi connectivity index (χ2v) is 7.47. The van der Waals surface area contributed by atoms with Crippen LogP contribution in [0.3, 0.4) is 0 Å². The smallest absolute Gasteiger partial charge is 0.341 e. The van der Waals surface area contributed by atoms with Crippen molar-refractivity contribution in [3.8, 4) is 5.75 Å². The highest BCUT2D eigenvalue weighted by Crippen LogP contribution is 2.39. The third-order valence-electron chi connectivity index (χ3n) is 4.40. The first-order chi connectivity index (χ1) is 12.6. The molecule has 1 N–H and O–H groups in total. The molecular formula is C20H23NO4S. The topological polar surface area (TPSA) is 64.6 Å². The Kier molecular flexibility index (Phi) is 5.93. The van der Waals surface area contributed by atoms with Crippen LogP contribution in [0.4, 0.5) is 5.00 Å². The molecule has 0 saturated heterocycles. The lowest BCUT2D eigenvalue weighted by Gasteiger charge is -2.08. The van der Waals surface area contributed by atoms with Gasteiger partial charge in [0.2, 0.25) is 5.91 Å². The van der Waals surface area contributed by atoms with E-state index >= 15 is 0 Å². The van der Waals surface area contributed by atoms with E-state index in [0.29, 0.717) is 30.0 Å². The number of carbonyl (C=O) groups excluding carboxylic acids is 2. The second-order valence-electron chi connectivity index (χ2n) is 6.37. The van der Waals surface area contributed by atoms with Gasteiger partial charge in [0, 0.05) is 11.3 Å². The van der Waals surface area contributed by atoms with Crippen LogP contribution in [0.15, 0.2) is 24.3 Å². The Balaban J connectivity index is 1.52. The van der Waals surface area contributed by atoms with Crippen molar-refractivity contribution in [2.24, 2.45) is 0 Å². The Labute approximate surface area is 157 Å². The molecule has 0 spiro atoms. The largest absolute Gasteiger partial charge is 0.494 e. The summed E-state index contributed by atoms with van der Waals surface area (Å²) < 4.78 is 10.5. The summed E-state index contributed by atoms with van der Waals surface area (Å²) in [6.07, 6.45) is 3.84. The molecule has 0 unspecified atom stereocenters. The van der Waals surface area contributed by atoms with E-state index < -0.39 is 0 Å². The van der Waals surface area contributed by atoms with E-state index in [9.17, 15) is 9.59 Å². The fraction of sp³-hybridized carbons (Fsp3) is 0.400. The number of rotatable bonds is 7. The Bertz CT molecular complexity index is 795. The van der Waals surface area contributed by atoms with Crippen molar-refractivity contribution in [2.75, 3.05) is 19.0 Å². The third kappa shape index (κ3) is 4.25. The van der Waals surface area contributed by atoms with E-state index in [1.54, 1.807) is 0 Å². The molecule has 2 aromatic rings. The minimum Gasteiger partial charge on any atom is -0.494 e. The van der Waals surface area contributed by atoms with Crippen LogP contribution in [-0.4, -0.2) is 25.6 Å². The van der Waals surface area contributed by atoms with Gasteiger partial charge in [-0.2, -0.15) is 0 Å². The van der Waals surface area contributed by atoms with Gasteiger partial charge in [-0.1, -0.05) is 17.7 Å². The van der Waals surface area contributed by atoms with Crippen molar-refractivity contribution in [3.63, 3.8) is 0 Å². The molecule has 26 heavy (non-hydrogen) atoms. The zero-order chi connectivity index (χ0) is 18.5. The quantitative estimate of drug-likeness (QED) is 0.585. The average molecular weight is 373 g/mol. The van der Waals surface area contributed by atoms with Crippen LogP contribution in [0.5, 0.6) is 5.75 Å². The molecule has 0 fully saturated rings. The van der Waals surface area contributed by atoms with Crippen molar-refractivity contribution >= 4 is 28.2 Å². The van der Waals surface area contributed by atoms with E-state index in [1.807, 2.05) is 31.2 Å². The van der Waals surface area contributed by atoms with Crippen LogP contribution in [0.1, 0.15) is 45.6 Å². The summed E-state index contributed by atoms with van der Waals surface area (Å²) in [6.45, 7) is 2.50. The number of anilines is 1. The molecule has 0 bridgehead atoms. The van der Waals surface area contributed by atoms with Gasteiger partial charge in [-0.3, -0.25) is 4.79 Å². The Morgan fingerprint density at radius 2 is 1.96 bits per heavy atom. The minimum atomic E-state index is -0.373. The number of thiophene rings is 1. The lowest BCUT2D eigenvalue weighted by atomic mass is 10.1. The van der Waals surface area contributed by atoms with E-state index in [4.69, 9.17) is 9.47 Å². The number of hydrogen-bond donors (Lipinski definition) is 1. The van der Waals surface area contributed by atoms with Crippen molar-refractivity contribution in [1.29, 1.82) is 0 Å². The molecular weight excluding hydrogens is 350 g/mol. The molecule has 1 aromatic heterocycles. The SMILES string of the molecule is COC(=O)c1c(NC(=O)CCCOc2ccc(C)cc2)sc2c1CCC2. The molecule has 1 heterocycles. The summed E-state index contributed by atoms with van der Waals surface area (Å²) in [5, 5.41) is 3.50. The molecule has 1 aliphatic rings. The monoisotopic (exact) mass is 373 g/mol. The van der Waals surface area contributed by atoms with Crippen LogP contribution < -0.4 is 10.1 Å². The number of aryl methyl sites for hydroxylation is 2. The van der Waals surface area contributed by atoms with E-state index in [-0.39, 0.29) is 11.9 Å². The van der Waals surface area contributed by atoms with Gasteiger partial charge in [-0.15, -0.1) is 11.3 Å². The lowest BCUT2D eigenvalue weighted by Crippen LogP contribution is -2.15. The first-order valence-corrected chi connectivity index (χ1v) is 9.62. The molecule has 6 heteroatoms. The molecule has 1 aliphatic carbocycles. The Morgan fingerprint density at radius 1 is 1.19 bits per heavy atom. The van der Waals surface area contributed by atoms with Crippen molar-refractivity contribution in [1.82, 2.24) is 0 Å². The van der Waals surface area contributed by atoms with Crippen LogP contribution in [0.2, 0.25) is 0 Å². The maximum Gasteiger partial charge on any atom is 0.341 e. The van der Waals surface area contributed by atoms with Gasteiger partial charge in [0.25, 0.3) is 0 Å². The predicted octanol–water partition coefficient (Wildman–Crippen LogP) is 4.13. The number of hydrogen-bond acceptors (Lipinski definition) is 5. The van der Waals surface area contributed by atoms with Gasteiger partial charge in [-0.05, 0) is 50.3 Å². The van der Waals surface area contributed by atoms with Gasteiger partial charge in [0.15, 0.2) is 0 Å². The fourth-order valence-corrected chi connectivity index (χ4v) is 4.35. The van der Waals surface area contributed by atoms with Gasteiger partial charge < -0.3 is 14.8 Å². The summed E-state index contributed by atoms with van der Waals surface area (Å²) in [5.74, 6) is 0.323. The third-order valence-corrected chi connectivity index (χ3v) is 5.61. The maximum absolute atomic E-state index is 12.2. The first-order valence-electron chi connectivity index (χ1n) is 8.80. The molecule has 3 rings (SSSR count). The number of fused-ring (bicyclic) bond motifs is 1. The zero-order valence-electron chi connectivity index (χ0n) is 15.1. The Hall–Kier alpha value is -2.34. The molecule has 0 saturated carbocycles. The standard InChI is InChI=1S/C20H23NO4S/c1-13-8-10-14(11-9-13)25-12-4-7-17(22)21-19-18(20(23)24-2)15-5-3-6-16(15)26-19/h8-11H,3-7,12H2,1-2H3,(H,21,22).